The van der Waals surface area contributed by atoms with Crippen LogP contribution in [-0.4, -0.2) is 29.4 Å². The van der Waals surface area contributed by atoms with Crippen molar-refractivity contribution < 1.29 is 19.7 Å². The molecule has 0 saturated heterocycles. The molecule has 126 valence electrons. The first kappa shape index (κ1) is 16.3. The average molecular weight is 336 g/mol. The molecule has 0 radical (unpaired) electrons. The highest BCUT2D eigenvalue weighted by atomic mass is 16.5. The lowest BCUT2D eigenvalue weighted by atomic mass is 10.0. The number of amides is 1. The Bertz CT molecular complexity index is 967. The number of hydrogen-bond donors (Lipinski definition) is 3. The third kappa shape index (κ3) is 3.37. The Morgan fingerprint density at radius 2 is 1.84 bits per heavy atom. The van der Waals surface area contributed by atoms with Crippen LogP contribution in [-0.2, 0) is 0 Å². The summed E-state index contributed by atoms with van der Waals surface area (Å²) < 4.78 is 5.08. The summed E-state index contributed by atoms with van der Waals surface area (Å²) in [5, 5.41) is 25.1. The Morgan fingerprint density at radius 1 is 1.08 bits per heavy atom. The van der Waals surface area contributed by atoms with Crippen molar-refractivity contribution in [1.82, 2.24) is 5.43 Å². The predicted octanol–water partition coefficient (Wildman–Crippen LogP) is 3.02. The molecule has 0 bridgehead atoms. The first-order valence-corrected chi connectivity index (χ1v) is 7.51. The van der Waals surface area contributed by atoms with E-state index in [0.717, 1.165) is 5.39 Å². The maximum absolute atomic E-state index is 12.4. The Kier molecular flexibility index (Phi) is 4.52. The summed E-state index contributed by atoms with van der Waals surface area (Å²) in [7, 11) is 1.51. The molecule has 6 heteroatoms. The van der Waals surface area contributed by atoms with Gasteiger partial charge in [-0.25, -0.2) is 5.43 Å². The third-order valence-electron chi connectivity index (χ3n) is 3.74. The normalized spacial score (nSPS) is 10.9. The minimum Gasteiger partial charge on any atom is -0.507 e. The molecule has 3 rings (SSSR count). The zero-order valence-corrected chi connectivity index (χ0v) is 13.4. The number of fused-ring (bicyclic) bond motifs is 1. The molecule has 3 N–H and O–H groups in total. The zero-order chi connectivity index (χ0) is 17.8. The number of carbonyl (C=O) groups is 1. The standard InChI is InChI=1S/C19H16N2O4/c1-25-14-7-9-16(22)13(10-14)11-20-21-19(24)18-15-5-3-2-4-12(15)6-8-17(18)23/h2-11,22-23H,1H3,(H,21,24)/b20-11-. The van der Waals surface area contributed by atoms with Gasteiger partial charge in [-0.1, -0.05) is 30.3 Å². The predicted molar refractivity (Wildman–Crippen MR) is 95.3 cm³/mol. The summed E-state index contributed by atoms with van der Waals surface area (Å²) in [6.07, 6.45) is 1.30. The van der Waals surface area contributed by atoms with Gasteiger partial charge in [-0.3, -0.25) is 4.79 Å². The van der Waals surface area contributed by atoms with Crippen LogP contribution in [0, 0.1) is 0 Å². The lowest BCUT2D eigenvalue weighted by molar-refractivity contribution is 0.0954. The summed E-state index contributed by atoms with van der Waals surface area (Å²) >= 11 is 0. The van der Waals surface area contributed by atoms with Gasteiger partial charge in [-0.05, 0) is 35.0 Å². The van der Waals surface area contributed by atoms with Crippen LogP contribution < -0.4 is 10.2 Å². The van der Waals surface area contributed by atoms with E-state index in [0.29, 0.717) is 16.7 Å². The smallest absolute Gasteiger partial charge is 0.275 e. The van der Waals surface area contributed by atoms with Crippen molar-refractivity contribution in [3.8, 4) is 17.2 Å². The molecule has 0 atom stereocenters. The largest absolute Gasteiger partial charge is 0.507 e. The maximum Gasteiger partial charge on any atom is 0.275 e. The SMILES string of the molecule is COc1ccc(O)c(/C=N\NC(=O)c2c(O)ccc3ccccc23)c1. The average Bonchev–Trinajstić information content (AvgIpc) is 2.63. The number of nitrogens with zero attached hydrogens (tertiary/aromatic N) is 1. The van der Waals surface area contributed by atoms with Gasteiger partial charge in [-0.15, -0.1) is 0 Å². The van der Waals surface area contributed by atoms with Crippen molar-refractivity contribution in [3.63, 3.8) is 0 Å². The van der Waals surface area contributed by atoms with E-state index in [1.807, 2.05) is 12.1 Å². The zero-order valence-electron chi connectivity index (χ0n) is 13.4. The number of nitrogens with one attached hydrogen (secondary N) is 1. The number of aromatic hydroxyl groups is 2. The van der Waals surface area contributed by atoms with Gasteiger partial charge >= 0.3 is 0 Å². The Hall–Kier alpha value is -3.54. The highest BCUT2D eigenvalue weighted by Gasteiger charge is 2.14. The van der Waals surface area contributed by atoms with E-state index in [1.165, 1.54) is 25.5 Å². The Morgan fingerprint density at radius 3 is 2.64 bits per heavy atom. The van der Waals surface area contributed by atoms with E-state index in [-0.39, 0.29) is 17.1 Å². The Balaban J connectivity index is 1.85. The summed E-state index contributed by atoms with van der Waals surface area (Å²) in [6.45, 7) is 0. The second-order valence-corrected chi connectivity index (χ2v) is 5.30. The first-order valence-electron chi connectivity index (χ1n) is 7.51. The molecule has 0 heterocycles. The highest BCUT2D eigenvalue weighted by molar-refractivity contribution is 6.09. The molecule has 0 aromatic heterocycles. The highest BCUT2D eigenvalue weighted by Crippen LogP contribution is 2.27. The number of benzene rings is 3. The van der Waals surface area contributed by atoms with Gasteiger partial charge in [0.25, 0.3) is 5.91 Å². The van der Waals surface area contributed by atoms with Gasteiger partial charge in [0.2, 0.25) is 0 Å². The fraction of sp³-hybridized carbons (Fsp3) is 0.0526. The van der Waals surface area contributed by atoms with Crippen LogP contribution in [0.2, 0.25) is 0 Å². The van der Waals surface area contributed by atoms with Crippen molar-refractivity contribution in [2.45, 2.75) is 0 Å². The van der Waals surface area contributed by atoms with Crippen molar-refractivity contribution in [3.05, 3.63) is 65.7 Å². The fourth-order valence-corrected chi connectivity index (χ4v) is 2.48. The lowest BCUT2D eigenvalue weighted by Crippen LogP contribution is -2.18. The lowest BCUT2D eigenvalue weighted by Gasteiger charge is -2.07. The minimum atomic E-state index is -0.548. The third-order valence-corrected chi connectivity index (χ3v) is 3.74. The fourth-order valence-electron chi connectivity index (χ4n) is 2.48. The topological polar surface area (TPSA) is 91.2 Å². The number of phenols is 2. The monoisotopic (exact) mass is 336 g/mol. The molecular weight excluding hydrogens is 320 g/mol. The number of phenolic OH excluding ortho intramolecular Hbond substituents is 2. The summed E-state index contributed by atoms with van der Waals surface area (Å²) in [5.41, 5.74) is 2.90. The van der Waals surface area contributed by atoms with Gasteiger partial charge in [0.05, 0.1) is 18.9 Å². The van der Waals surface area contributed by atoms with Crippen molar-refractivity contribution in [2.75, 3.05) is 7.11 Å². The molecule has 6 nitrogen and oxygen atoms in total. The molecule has 25 heavy (non-hydrogen) atoms. The molecule has 1 amide bonds. The van der Waals surface area contributed by atoms with Crippen LogP contribution in [0.4, 0.5) is 0 Å². The van der Waals surface area contributed by atoms with Crippen molar-refractivity contribution in [2.24, 2.45) is 5.10 Å². The van der Waals surface area contributed by atoms with Crippen LogP contribution in [0.3, 0.4) is 0 Å². The van der Waals surface area contributed by atoms with Gasteiger partial charge in [-0.2, -0.15) is 5.10 Å². The first-order chi connectivity index (χ1) is 12.1. The number of carbonyl (C=O) groups excluding carboxylic acids is 1. The van der Waals surface area contributed by atoms with Gasteiger partial charge in [0, 0.05) is 5.56 Å². The van der Waals surface area contributed by atoms with Gasteiger partial charge < -0.3 is 14.9 Å². The Labute approximate surface area is 144 Å². The van der Waals surface area contributed by atoms with E-state index in [9.17, 15) is 15.0 Å². The molecule has 0 fully saturated rings. The quantitative estimate of drug-likeness (QED) is 0.504. The van der Waals surface area contributed by atoms with E-state index in [2.05, 4.69) is 10.5 Å². The van der Waals surface area contributed by atoms with Crippen LogP contribution in [0.25, 0.3) is 10.8 Å². The van der Waals surface area contributed by atoms with Gasteiger partial charge in [0.1, 0.15) is 17.2 Å². The molecule has 0 aliphatic carbocycles. The molecule has 0 unspecified atom stereocenters. The number of hydrogen-bond acceptors (Lipinski definition) is 5. The molecular formula is C19H16N2O4. The van der Waals surface area contributed by atoms with Crippen LogP contribution >= 0.6 is 0 Å². The summed E-state index contributed by atoms with van der Waals surface area (Å²) in [6, 6.07) is 15.1. The molecule has 0 spiro atoms. The second-order valence-electron chi connectivity index (χ2n) is 5.30. The van der Waals surface area contributed by atoms with Crippen molar-refractivity contribution in [1.29, 1.82) is 0 Å². The number of ether oxygens (including phenoxy) is 1. The van der Waals surface area contributed by atoms with Crippen LogP contribution in [0.1, 0.15) is 15.9 Å². The minimum absolute atomic E-state index is 0.00630. The van der Waals surface area contributed by atoms with E-state index < -0.39 is 5.91 Å². The number of hydrazone groups is 1. The van der Waals surface area contributed by atoms with E-state index >= 15 is 0 Å². The van der Waals surface area contributed by atoms with Crippen LogP contribution in [0.15, 0.2) is 59.7 Å². The molecule has 3 aromatic rings. The van der Waals surface area contributed by atoms with Crippen molar-refractivity contribution >= 4 is 22.9 Å². The number of methoxy groups -OCH3 is 1. The summed E-state index contributed by atoms with van der Waals surface area (Å²) in [5.74, 6) is -0.118. The second kappa shape index (κ2) is 6.92. The molecule has 0 saturated carbocycles. The molecule has 3 aromatic carbocycles. The van der Waals surface area contributed by atoms with Gasteiger partial charge in [0.15, 0.2) is 0 Å². The van der Waals surface area contributed by atoms with E-state index in [1.54, 1.807) is 30.3 Å². The van der Waals surface area contributed by atoms with E-state index in [4.69, 9.17) is 4.74 Å². The van der Waals surface area contributed by atoms with Crippen LogP contribution in [0.5, 0.6) is 17.2 Å². The number of rotatable bonds is 4. The summed E-state index contributed by atoms with van der Waals surface area (Å²) in [4.78, 5) is 12.4. The maximum atomic E-state index is 12.4. The molecule has 0 aliphatic rings. The molecule has 0 aliphatic heterocycles.